The van der Waals surface area contributed by atoms with E-state index in [4.69, 9.17) is 19.8 Å². The molecule has 0 saturated carbocycles. The van der Waals surface area contributed by atoms with Gasteiger partial charge in [-0.2, -0.15) is 0 Å². The van der Waals surface area contributed by atoms with Crippen molar-refractivity contribution in [1.82, 2.24) is 0 Å². The van der Waals surface area contributed by atoms with Crippen LogP contribution in [0.2, 0.25) is 0 Å². The monoisotopic (exact) mass is 275 g/mol. The highest BCUT2D eigenvalue weighted by atomic mass is 16.7. The summed E-state index contributed by atoms with van der Waals surface area (Å²) in [7, 11) is -0.856. The molecule has 108 valence electrons. The molecule has 9 heteroatoms. The van der Waals surface area contributed by atoms with Gasteiger partial charge in [0.2, 0.25) is 0 Å². The number of ether oxygens (including phenoxy) is 1. The molecule has 0 amide bonds. The second kappa shape index (κ2) is 5.84. The van der Waals surface area contributed by atoms with Crippen molar-refractivity contribution in [3.05, 3.63) is 0 Å². The van der Waals surface area contributed by atoms with Gasteiger partial charge < -0.3 is 35.1 Å². The number of nitrogens with two attached hydrogens (primary N) is 1. The van der Waals surface area contributed by atoms with Crippen LogP contribution in [0.25, 0.3) is 0 Å². The fourth-order valence-electron chi connectivity index (χ4n) is 2.26. The Hall–Kier alpha value is -0.545. The van der Waals surface area contributed by atoms with Crippen molar-refractivity contribution in [2.24, 2.45) is 5.73 Å². The Kier molecular flexibility index (Phi) is 4.56. The number of hydrogen-bond acceptors (Lipinski definition) is 8. The fourth-order valence-corrected chi connectivity index (χ4v) is 2.26. The summed E-state index contributed by atoms with van der Waals surface area (Å²) < 4.78 is 15.8. The summed E-state index contributed by atoms with van der Waals surface area (Å²) in [5.74, 6) is -0.757. The number of aliphatic hydroxyl groups excluding tert-OH is 3. The molecule has 5 unspecified atom stereocenters. The SMILES string of the molecule is CC(=O)C[C@H](N)B1OCC2OC(O)C(O)C(O)C2O1. The molecule has 6 atom stereocenters. The summed E-state index contributed by atoms with van der Waals surface area (Å²) in [5.41, 5.74) is 5.77. The predicted molar refractivity (Wildman–Crippen MR) is 62.7 cm³/mol. The maximum Gasteiger partial charge on any atom is 0.475 e. The third kappa shape index (κ3) is 3.14. The first-order chi connectivity index (χ1) is 8.90. The van der Waals surface area contributed by atoms with E-state index in [9.17, 15) is 20.1 Å². The Morgan fingerprint density at radius 3 is 2.74 bits per heavy atom. The topological polar surface area (TPSA) is 131 Å². The zero-order chi connectivity index (χ0) is 14.2. The van der Waals surface area contributed by atoms with Crippen LogP contribution in [0.1, 0.15) is 13.3 Å². The standard InChI is InChI=1S/C10H18BNO7/c1-4(13)2-6(12)11-17-3-5-9(19-11)7(14)8(15)10(16)18-5/h5-10,14-16H,2-3,12H2,1H3/t5?,6-,7?,8?,9?,10?/m0/s1. The smallest absolute Gasteiger partial charge is 0.407 e. The third-order valence-electron chi connectivity index (χ3n) is 3.25. The van der Waals surface area contributed by atoms with Crippen molar-refractivity contribution >= 4 is 12.9 Å². The second-order valence-corrected chi connectivity index (χ2v) is 4.92. The molecule has 0 aliphatic carbocycles. The second-order valence-electron chi connectivity index (χ2n) is 4.92. The van der Waals surface area contributed by atoms with Gasteiger partial charge in [-0.1, -0.05) is 0 Å². The number of aliphatic hydroxyl groups is 3. The lowest BCUT2D eigenvalue weighted by Crippen LogP contribution is -2.65. The zero-order valence-corrected chi connectivity index (χ0v) is 10.5. The number of fused-ring (bicyclic) bond motifs is 1. The van der Waals surface area contributed by atoms with Crippen LogP contribution in [0.15, 0.2) is 0 Å². The Morgan fingerprint density at radius 2 is 2.11 bits per heavy atom. The van der Waals surface area contributed by atoms with Gasteiger partial charge in [-0.05, 0) is 6.92 Å². The number of hydrogen-bond donors (Lipinski definition) is 4. The van der Waals surface area contributed by atoms with Gasteiger partial charge in [0.25, 0.3) is 0 Å². The molecule has 0 bridgehead atoms. The van der Waals surface area contributed by atoms with Crippen LogP contribution in [0.3, 0.4) is 0 Å². The molecule has 2 fully saturated rings. The lowest BCUT2D eigenvalue weighted by atomic mass is 9.74. The first kappa shape index (κ1) is 14.9. The quantitative estimate of drug-likeness (QED) is 0.405. The molecule has 2 rings (SSSR count). The number of Topliss-reactive ketones (excluding diaryl/α,β-unsaturated/α-hetero) is 1. The van der Waals surface area contributed by atoms with E-state index in [2.05, 4.69) is 0 Å². The first-order valence-corrected chi connectivity index (χ1v) is 6.12. The number of carbonyl (C=O) groups is 1. The Balaban J connectivity index is 1.99. The Labute approximate surface area is 110 Å². The molecule has 2 aliphatic heterocycles. The molecule has 0 radical (unpaired) electrons. The molecular formula is C10H18BNO7. The van der Waals surface area contributed by atoms with Crippen LogP contribution in [0, 0.1) is 0 Å². The van der Waals surface area contributed by atoms with Gasteiger partial charge in [-0.15, -0.1) is 0 Å². The van der Waals surface area contributed by atoms with Crippen molar-refractivity contribution in [2.75, 3.05) is 6.61 Å². The minimum Gasteiger partial charge on any atom is -0.407 e. The molecule has 5 N–H and O–H groups in total. The number of ketones is 1. The minimum atomic E-state index is -1.48. The lowest BCUT2D eigenvalue weighted by Gasteiger charge is -2.45. The Morgan fingerprint density at radius 1 is 1.42 bits per heavy atom. The molecule has 0 aromatic heterocycles. The average molecular weight is 275 g/mol. The summed E-state index contributed by atoms with van der Waals surface area (Å²) in [6.45, 7) is 1.46. The van der Waals surface area contributed by atoms with E-state index >= 15 is 0 Å². The summed E-state index contributed by atoms with van der Waals surface area (Å²) in [4.78, 5) is 11.0. The summed E-state index contributed by atoms with van der Waals surface area (Å²) in [6.07, 6.45) is -5.69. The van der Waals surface area contributed by atoms with E-state index < -0.39 is 43.8 Å². The van der Waals surface area contributed by atoms with Crippen molar-refractivity contribution < 1.29 is 34.2 Å². The zero-order valence-electron chi connectivity index (χ0n) is 10.5. The van der Waals surface area contributed by atoms with E-state index in [1.807, 2.05) is 0 Å². The van der Waals surface area contributed by atoms with Crippen molar-refractivity contribution in [3.8, 4) is 0 Å². The summed E-state index contributed by atoms with van der Waals surface area (Å²) in [6, 6.07) is 0. The largest absolute Gasteiger partial charge is 0.475 e. The fraction of sp³-hybridized carbons (Fsp3) is 0.900. The van der Waals surface area contributed by atoms with Crippen molar-refractivity contribution in [2.45, 2.75) is 50.0 Å². The van der Waals surface area contributed by atoms with Gasteiger partial charge in [0.15, 0.2) is 6.29 Å². The van der Waals surface area contributed by atoms with Crippen LogP contribution in [0.4, 0.5) is 0 Å². The molecule has 8 nitrogen and oxygen atoms in total. The van der Waals surface area contributed by atoms with Gasteiger partial charge >= 0.3 is 7.12 Å². The highest BCUT2D eigenvalue weighted by Crippen LogP contribution is 2.27. The molecule has 2 aliphatic rings. The van der Waals surface area contributed by atoms with Gasteiger partial charge in [0.1, 0.15) is 24.1 Å². The number of rotatable bonds is 3. The van der Waals surface area contributed by atoms with Crippen LogP contribution in [-0.2, 0) is 18.8 Å². The maximum atomic E-state index is 11.0. The van der Waals surface area contributed by atoms with Gasteiger partial charge in [0, 0.05) is 12.4 Å². The molecule has 19 heavy (non-hydrogen) atoms. The van der Waals surface area contributed by atoms with E-state index in [1.165, 1.54) is 6.92 Å². The van der Waals surface area contributed by atoms with Crippen LogP contribution in [0.5, 0.6) is 0 Å². The summed E-state index contributed by atoms with van der Waals surface area (Å²) >= 11 is 0. The maximum absolute atomic E-state index is 11.0. The molecule has 0 spiro atoms. The molecule has 0 aromatic carbocycles. The van der Waals surface area contributed by atoms with Crippen LogP contribution < -0.4 is 5.73 Å². The number of carbonyl (C=O) groups excluding carboxylic acids is 1. The Bertz CT molecular complexity index is 342. The van der Waals surface area contributed by atoms with Crippen LogP contribution in [-0.4, -0.2) is 71.5 Å². The average Bonchev–Trinajstić information content (AvgIpc) is 2.35. The van der Waals surface area contributed by atoms with Crippen molar-refractivity contribution in [3.63, 3.8) is 0 Å². The third-order valence-corrected chi connectivity index (χ3v) is 3.25. The van der Waals surface area contributed by atoms with E-state index in [0.29, 0.717) is 0 Å². The van der Waals surface area contributed by atoms with E-state index in [0.717, 1.165) is 0 Å². The highest BCUT2D eigenvalue weighted by Gasteiger charge is 2.50. The van der Waals surface area contributed by atoms with Gasteiger partial charge in [-0.25, -0.2) is 0 Å². The normalized spacial score (nSPS) is 40.7. The molecule has 2 saturated heterocycles. The first-order valence-electron chi connectivity index (χ1n) is 6.12. The lowest BCUT2D eigenvalue weighted by molar-refractivity contribution is -0.292. The van der Waals surface area contributed by atoms with E-state index in [1.54, 1.807) is 0 Å². The van der Waals surface area contributed by atoms with Crippen LogP contribution >= 0.6 is 0 Å². The highest BCUT2D eigenvalue weighted by molar-refractivity contribution is 6.47. The van der Waals surface area contributed by atoms with Crippen molar-refractivity contribution in [1.29, 1.82) is 0 Å². The molecule has 2 heterocycles. The predicted octanol–water partition coefficient (Wildman–Crippen LogP) is -2.83. The van der Waals surface area contributed by atoms with E-state index in [-0.39, 0.29) is 18.8 Å². The molecular weight excluding hydrogens is 257 g/mol. The van der Waals surface area contributed by atoms with Gasteiger partial charge in [0.05, 0.1) is 12.7 Å². The van der Waals surface area contributed by atoms with Gasteiger partial charge in [-0.3, -0.25) is 4.79 Å². The summed E-state index contributed by atoms with van der Waals surface area (Å²) in [5, 5.41) is 28.7. The minimum absolute atomic E-state index is 0.0573. The molecule has 0 aromatic rings.